The van der Waals surface area contributed by atoms with Crippen LogP contribution < -0.4 is 0 Å². The van der Waals surface area contributed by atoms with Gasteiger partial charge in [0.05, 0.1) is 12.1 Å². The number of amides is 1. The van der Waals surface area contributed by atoms with Crippen LogP contribution in [-0.2, 0) is 16.1 Å². The van der Waals surface area contributed by atoms with Gasteiger partial charge in [0.25, 0.3) is 0 Å². The molecule has 2 aromatic rings. The second-order valence-corrected chi connectivity index (χ2v) is 8.36. The predicted octanol–water partition coefficient (Wildman–Crippen LogP) is 2.44. The lowest BCUT2D eigenvalue weighted by molar-refractivity contribution is -0.138. The van der Waals surface area contributed by atoms with Crippen LogP contribution in [0.3, 0.4) is 0 Å². The van der Waals surface area contributed by atoms with Crippen molar-refractivity contribution in [3.05, 3.63) is 54.4 Å². The Morgan fingerprint density at radius 2 is 1.89 bits per heavy atom. The molecular weight excluding hydrogens is 352 g/mol. The van der Waals surface area contributed by atoms with Crippen LogP contribution in [0.2, 0.25) is 0 Å². The number of carbonyl (C=O) groups is 1. The number of carbonyl (C=O) groups excluding carboxylic acids is 1. The normalized spacial score (nSPS) is 27.5. The zero-order valence-electron chi connectivity index (χ0n) is 16.8. The summed E-state index contributed by atoms with van der Waals surface area (Å²) in [7, 11) is 3.54. The van der Waals surface area contributed by atoms with Gasteiger partial charge < -0.3 is 9.64 Å². The number of fused-ring (bicyclic) bond motifs is 1. The van der Waals surface area contributed by atoms with Gasteiger partial charge in [-0.05, 0) is 36.3 Å². The molecule has 28 heavy (non-hydrogen) atoms. The Hall–Kier alpha value is -2.18. The van der Waals surface area contributed by atoms with Gasteiger partial charge in [-0.15, -0.1) is 0 Å². The van der Waals surface area contributed by atoms with Gasteiger partial charge in [-0.3, -0.25) is 14.4 Å². The standard InChI is InChI=1S/C22H30N4O2/c1-24(2)22(27)16-28-21-12-19-15-25(13-17-7-4-3-5-8-17)14-18(19)11-20(21)26-10-6-9-23-26/h3-10,18-21H,11-16H2,1-2H3/t18-,19+,20-,21-/m0/s1. The lowest BCUT2D eigenvalue weighted by Gasteiger charge is -2.38. The van der Waals surface area contributed by atoms with E-state index in [1.165, 1.54) is 5.56 Å². The molecule has 1 aliphatic carbocycles. The van der Waals surface area contributed by atoms with Gasteiger partial charge in [-0.2, -0.15) is 5.10 Å². The fraction of sp³-hybridized carbons (Fsp3) is 0.545. The lowest BCUT2D eigenvalue weighted by atomic mass is 9.77. The van der Waals surface area contributed by atoms with Crippen LogP contribution >= 0.6 is 0 Å². The summed E-state index contributed by atoms with van der Waals surface area (Å²) in [5.74, 6) is 1.29. The van der Waals surface area contributed by atoms with Gasteiger partial charge in [0.1, 0.15) is 6.61 Å². The summed E-state index contributed by atoms with van der Waals surface area (Å²) >= 11 is 0. The van der Waals surface area contributed by atoms with Crippen LogP contribution in [0, 0.1) is 11.8 Å². The molecule has 1 amide bonds. The molecule has 1 aliphatic heterocycles. The number of likely N-dealkylation sites (N-methyl/N-ethyl adjacent to an activating group) is 1. The molecule has 4 atom stereocenters. The van der Waals surface area contributed by atoms with Gasteiger partial charge in [-0.25, -0.2) is 0 Å². The summed E-state index contributed by atoms with van der Waals surface area (Å²) in [6.45, 7) is 3.37. The number of rotatable bonds is 6. The first kappa shape index (κ1) is 19.2. The molecule has 0 N–H and O–H groups in total. The minimum Gasteiger partial charge on any atom is -0.366 e. The third-order valence-corrected chi connectivity index (χ3v) is 6.19. The minimum absolute atomic E-state index is 0.0125. The third kappa shape index (κ3) is 4.28. The van der Waals surface area contributed by atoms with E-state index in [0.717, 1.165) is 32.5 Å². The number of hydrogen-bond donors (Lipinski definition) is 0. The van der Waals surface area contributed by atoms with Crippen molar-refractivity contribution in [2.24, 2.45) is 11.8 Å². The number of nitrogens with zero attached hydrogens (tertiary/aromatic N) is 4. The summed E-state index contributed by atoms with van der Waals surface area (Å²) in [6, 6.07) is 12.8. The SMILES string of the molecule is CN(C)C(=O)CO[C@H]1C[C@@H]2CN(Cc3ccccc3)C[C@@H]2C[C@@H]1n1cccn1. The number of aromatic nitrogens is 2. The number of hydrogen-bond acceptors (Lipinski definition) is 4. The Bertz CT molecular complexity index is 762. The van der Waals surface area contributed by atoms with Crippen molar-refractivity contribution in [3.63, 3.8) is 0 Å². The van der Waals surface area contributed by atoms with E-state index in [4.69, 9.17) is 4.74 Å². The maximum atomic E-state index is 12.0. The first-order chi connectivity index (χ1) is 13.6. The molecule has 0 bridgehead atoms. The van der Waals surface area contributed by atoms with Gasteiger partial charge >= 0.3 is 0 Å². The van der Waals surface area contributed by atoms with Crippen LogP contribution in [0.25, 0.3) is 0 Å². The fourth-order valence-corrected chi connectivity index (χ4v) is 4.70. The van der Waals surface area contributed by atoms with Crippen molar-refractivity contribution in [3.8, 4) is 0 Å². The summed E-state index contributed by atoms with van der Waals surface area (Å²) in [5, 5.41) is 4.48. The number of ether oxygens (including phenoxy) is 1. The molecule has 2 aliphatic rings. The molecule has 0 spiro atoms. The highest BCUT2D eigenvalue weighted by atomic mass is 16.5. The largest absolute Gasteiger partial charge is 0.366 e. The summed E-state index contributed by atoms with van der Waals surface area (Å²) < 4.78 is 8.16. The van der Waals surface area contributed by atoms with E-state index in [1.807, 2.05) is 23.1 Å². The molecule has 1 saturated heterocycles. The van der Waals surface area contributed by atoms with Gasteiger partial charge in [0.15, 0.2) is 0 Å². The molecular formula is C22H30N4O2. The van der Waals surface area contributed by atoms with Crippen molar-refractivity contribution in [2.75, 3.05) is 33.8 Å². The fourth-order valence-electron chi connectivity index (χ4n) is 4.70. The Morgan fingerprint density at radius 1 is 1.14 bits per heavy atom. The molecule has 1 saturated carbocycles. The van der Waals surface area contributed by atoms with Crippen molar-refractivity contribution in [1.82, 2.24) is 19.6 Å². The average molecular weight is 383 g/mol. The molecule has 4 rings (SSSR count). The molecule has 2 heterocycles. The second kappa shape index (κ2) is 8.45. The number of likely N-dealkylation sites (tertiary alicyclic amines) is 1. The number of benzene rings is 1. The highest BCUT2D eigenvalue weighted by Gasteiger charge is 2.43. The molecule has 2 fully saturated rings. The Morgan fingerprint density at radius 3 is 2.57 bits per heavy atom. The highest BCUT2D eigenvalue weighted by Crippen LogP contribution is 2.42. The maximum Gasteiger partial charge on any atom is 0.248 e. The summed E-state index contributed by atoms with van der Waals surface area (Å²) in [6.07, 6.45) is 5.91. The quantitative estimate of drug-likeness (QED) is 0.770. The second-order valence-electron chi connectivity index (χ2n) is 8.36. The van der Waals surface area contributed by atoms with Crippen molar-refractivity contribution >= 4 is 5.91 Å². The Kier molecular flexibility index (Phi) is 5.78. The zero-order valence-corrected chi connectivity index (χ0v) is 16.8. The van der Waals surface area contributed by atoms with Crippen LogP contribution in [0.4, 0.5) is 0 Å². The van der Waals surface area contributed by atoms with Crippen molar-refractivity contribution in [1.29, 1.82) is 0 Å². The van der Waals surface area contributed by atoms with E-state index in [2.05, 4.69) is 40.3 Å². The lowest BCUT2D eigenvalue weighted by Crippen LogP contribution is -2.40. The first-order valence-electron chi connectivity index (χ1n) is 10.2. The predicted molar refractivity (Wildman–Crippen MR) is 108 cm³/mol. The van der Waals surface area contributed by atoms with Crippen LogP contribution in [0.1, 0.15) is 24.4 Å². The molecule has 1 aromatic heterocycles. The minimum atomic E-state index is 0.0125. The van der Waals surface area contributed by atoms with E-state index in [9.17, 15) is 4.79 Å². The van der Waals surface area contributed by atoms with Crippen LogP contribution in [0.5, 0.6) is 0 Å². The zero-order chi connectivity index (χ0) is 19.5. The monoisotopic (exact) mass is 382 g/mol. The van der Waals surface area contributed by atoms with E-state index < -0.39 is 0 Å². The molecule has 6 nitrogen and oxygen atoms in total. The van der Waals surface area contributed by atoms with E-state index in [-0.39, 0.29) is 24.7 Å². The Labute approximate surface area is 167 Å². The molecule has 0 radical (unpaired) electrons. The molecule has 0 unspecified atom stereocenters. The van der Waals surface area contributed by atoms with E-state index >= 15 is 0 Å². The molecule has 1 aromatic carbocycles. The van der Waals surface area contributed by atoms with E-state index in [0.29, 0.717) is 11.8 Å². The van der Waals surface area contributed by atoms with E-state index in [1.54, 1.807) is 19.0 Å². The third-order valence-electron chi connectivity index (χ3n) is 6.19. The van der Waals surface area contributed by atoms with Crippen molar-refractivity contribution in [2.45, 2.75) is 31.5 Å². The van der Waals surface area contributed by atoms with Crippen LogP contribution in [0.15, 0.2) is 48.8 Å². The summed E-state index contributed by atoms with van der Waals surface area (Å²) in [5.41, 5.74) is 1.37. The smallest absolute Gasteiger partial charge is 0.248 e. The molecule has 150 valence electrons. The molecule has 6 heteroatoms. The maximum absolute atomic E-state index is 12.0. The van der Waals surface area contributed by atoms with Crippen molar-refractivity contribution < 1.29 is 9.53 Å². The average Bonchev–Trinajstić information content (AvgIpc) is 3.35. The highest BCUT2D eigenvalue weighted by molar-refractivity contribution is 5.76. The topological polar surface area (TPSA) is 50.6 Å². The van der Waals surface area contributed by atoms with Gasteiger partial charge in [0.2, 0.25) is 5.91 Å². The van der Waals surface area contributed by atoms with Crippen LogP contribution in [-0.4, -0.2) is 65.4 Å². The Balaban J connectivity index is 1.43. The van der Waals surface area contributed by atoms with Gasteiger partial charge in [-0.1, -0.05) is 30.3 Å². The first-order valence-corrected chi connectivity index (χ1v) is 10.2. The summed E-state index contributed by atoms with van der Waals surface area (Å²) in [4.78, 5) is 16.2. The van der Waals surface area contributed by atoms with Gasteiger partial charge in [0, 0.05) is 46.1 Å².